The zero-order chi connectivity index (χ0) is 12.9. The van der Waals surface area contributed by atoms with Crippen LogP contribution in [0, 0.1) is 22.6 Å². The predicted octanol–water partition coefficient (Wildman–Crippen LogP) is 4.33. The van der Waals surface area contributed by atoms with E-state index >= 15 is 0 Å². The SMILES string of the molecule is CC(C)(CCC#N)CNc1ccc(F)c(Br)c1. The van der Waals surface area contributed by atoms with Crippen LogP contribution in [-0.4, -0.2) is 6.54 Å². The summed E-state index contributed by atoms with van der Waals surface area (Å²) in [6.07, 6.45) is 1.40. The molecule has 1 N–H and O–H groups in total. The monoisotopic (exact) mass is 298 g/mol. The molecule has 0 spiro atoms. The standard InChI is InChI=1S/C13H16BrFN2/c1-13(2,6-3-7-16)9-17-10-4-5-12(15)11(14)8-10/h4-5,8,17H,3,6,9H2,1-2H3. The van der Waals surface area contributed by atoms with Crippen LogP contribution in [0.25, 0.3) is 0 Å². The van der Waals surface area contributed by atoms with Crippen LogP contribution in [0.5, 0.6) is 0 Å². The fourth-order valence-electron chi connectivity index (χ4n) is 1.43. The van der Waals surface area contributed by atoms with E-state index in [-0.39, 0.29) is 11.2 Å². The van der Waals surface area contributed by atoms with Crippen molar-refractivity contribution in [2.24, 2.45) is 5.41 Å². The zero-order valence-corrected chi connectivity index (χ0v) is 11.6. The molecule has 0 bridgehead atoms. The lowest BCUT2D eigenvalue weighted by atomic mass is 9.88. The zero-order valence-electron chi connectivity index (χ0n) is 10.1. The maximum absolute atomic E-state index is 13.0. The third kappa shape index (κ3) is 4.74. The quantitative estimate of drug-likeness (QED) is 0.878. The number of anilines is 1. The Balaban J connectivity index is 2.55. The molecule has 0 saturated carbocycles. The van der Waals surface area contributed by atoms with Crippen LogP contribution < -0.4 is 5.32 Å². The van der Waals surface area contributed by atoms with Crippen molar-refractivity contribution in [2.45, 2.75) is 26.7 Å². The molecular weight excluding hydrogens is 283 g/mol. The second-order valence-corrected chi connectivity index (χ2v) is 5.66. The van der Waals surface area contributed by atoms with Gasteiger partial charge in [-0.2, -0.15) is 5.26 Å². The van der Waals surface area contributed by atoms with Crippen LogP contribution in [0.1, 0.15) is 26.7 Å². The Morgan fingerprint density at radius 1 is 1.47 bits per heavy atom. The molecule has 0 heterocycles. The number of halogens is 2. The highest BCUT2D eigenvalue weighted by Crippen LogP contribution is 2.24. The Morgan fingerprint density at radius 2 is 2.18 bits per heavy atom. The fourth-order valence-corrected chi connectivity index (χ4v) is 1.81. The molecule has 1 aromatic carbocycles. The van der Waals surface area contributed by atoms with Gasteiger partial charge >= 0.3 is 0 Å². The highest BCUT2D eigenvalue weighted by atomic mass is 79.9. The molecule has 0 aliphatic rings. The van der Waals surface area contributed by atoms with Crippen molar-refractivity contribution >= 4 is 21.6 Å². The average Bonchev–Trinajstić information content (AvgIpc) is 2.28. The predicted molar refractivity (Wildman–Crippen MR) is 71.2 cm³/mol. The van der Waals surface area contributed by atoms with E-state index in [1.165, 1.54) is 6.07 Å². The van der Waals surface area contributed by atoms with Crippen molar-refractivity contribution < 1.29 is 4.39 Å². The van der Waals surface area contributed by atoms with Crippen LogP contribution in [0.15, 0.2) is 22.7 Å². The Hall–Kier alpha value is -1.08. The van der Waals surface area contributed by atoms with E-state index < -0.39 is 0 Å². The number of rotatable bonds is 5. The number of hydrogen-bond donors (Lipinski definition) is 1. The first-order chi connectivity index (χ1) is 7.94. The van der Waals surface area contributed by atoms with E-state index in [4.69, 9.17) is 5.26 Å². The van der Waals surface area contributed by atoms with Crippen molar-refractivity contribution in [3.8, 4) is 6.07 Å². The smallest absolute Gasteiger partial charge is 0.137 e. The molecule has 0 aliphatic heterocycles. The largest absolute Gasteiger partial charge is 0.384 e. The summed E-state index contributed by atoms with van der Waals surface area (Å²) in [4.78, 5) is 0. The molecule has 0 aliphatic carbocycles. The van der Waals surface area contributed by atoms with Gasteiger partial charge in [0.1, 0.15) is 5.82 Å². The molecule has 0 atom stereocenters. The molecule has 0 aromatic heterocycles. The summed E-state index contributed by atoms with van der Waals surface area (Å²) in [5.74, 6) is -0.265. The molecule has 1 aromatic rings. The lowest BCUT2D eigenvalue weighted by Crippen LogP contribution is -2.22. The Morgan fingerprint density at radius 3 is 2.76 bits per heavy atom. The highest BCUT2D eigenvalue weighted by molar-refractivity contribution is 9.10. The van der Waals surface area contributed by atoms with Gasteiger partial charge in [-0.1, -0.05) is 13.8 Å². The van der Waals surface area contributed by atoms with Gasteiger partial charge in [0.05, 0.1) is 10.5 Å². The lowest BCUT2D eigenvalue weighted by Gasteiger charge is -2.24. The van der Waals surface area contributed by atoms with Crippen molar-refractivity contribution in [1.82, 2.24) is 0 Å². The Bertz CT molecular complexity index is 424. The van der Waals surface area contributed by atoms with E-state index in [9.17, 15) is 4.39 Å². The van der Waals surface area contributed by atoms with Gasteiger partial charge in [0.15, 0.2) is 0 Å². The van der Waals surface area contributed by atoms with Gasteiger partial charge in [-0.15, -0.1) is 0 Å². The van der Waals surface area contributed by atoms with Gasteiger partial charge in [0.25, 0.3) is 0 Å². The van der Waals surface area contributed by atoms with Gasteiger partial charge in [0.2, 0.25) is 0 Å². The third-order valence-electron chi connectivity index (χ3n) is 2.60. The first-order valence-corrected chi connectivity index (χ1v) is 6.30. The van der Waals surface area contributed by atoms with E-state index in [1.807, 2.05) is 0 Å². The van der Waals surface area contributed by atoms with Crippen LogP contribution in [0.4, 0.5) is 10.1 Å². The Labute approximate surface area is 110 Å². The first kappa shape index (κ1) is 14.0. The maximum atomic E-state index is 13.0. The van der Waals surface area contributed by atoms with Gasteiger partial charge in [0, 0.05) is 18.7 Å². The molecule has 0 fully saturated rings. The minimum absolute atomic E-state index is 0.0522. The van der Waals surface area contributed by atoms with Crippen LogP contribution >= 0.6 is 15.9 Å². The molecule has 2 nitrogen and oxygen atoms in total. The number of hydrogen-bond acceptors (Lipinski definition) is 2. The summed E-state index contributed by atoms with van der Waals surface area (Å²) < 4.78 is 13.5. The summed E-state index contributed by atoms with van der Waals surface area (Å²) >= 11 is 3.15. The summed E-state index contributed by atoms with van der Waals surface area (Å²) in [6.45, 7) is 4.97. The normalized spacial score (nSPS) is 11.0. The van der Waals surface area contributed by atoms with Gasteiger partial charge < -0.3 is 5.32 Å². The second-order valence-electron chi connectivity index (χ2n) is 4.80. The van der Waals surface area contributed by atoms with Gasteiger partial charge in [-0.05, 0) is 46.0 Å². The molecule has 0 unspecified atom stereocenters. The molecule has 0 amide bonds. The van der Waals surface area contributed by atoms with E-state index in [2.05, 4.69) is 41.2 Å². The molecule has 0 radical (unpaired) electrons. The summed E-state index contributed by atoms with van der Waals surface area (Å²) in [5.41, 5.74) is 0.930. The van der Waals surface area contributed by atoms with Crippen molar-refractivity contribution in [1.29, 1.82) is 5.26 Å². The number of nitrogens with zero attached hydrogens (tertiary/aromatic N) is 1. The summed E-state index contributed by atoms with van der Waals surface area (Å²) in [5, 5.41) is 11.8. The third-order valence-corrected chi connectivity index (χ3v) is 3.21. The molecule has 0 saturated heterocycles. The molecule has 1 rings (SSSR count). The van der Waals surface area contributed by atoms with Crippen LogP contribution in [-0.2, 0) is 0 Å². The molecule has 17 heavy (non-hydrogen) atoms. The molecule has 92 valence electrons. The molecule has 4 heteroatoms. The van der Waals surface area contributed by atoms with Crippen molar-refractivity contribution in [3.63, 3.8) is 0 Å². The fraction of sp³-hybridized carbons (Fsp3) is 0.462. The van der Waals surface area contributed by atoms with Gasteiger partial charge in [-0.25, -0.2) is 4.39 Å². The summed E-state index contributed by atoms with van der Waals surface area (Å²) in [7, 11) is 0. The number of benzene rings is 1. The van der Waals surface area contributed by atoms with E-state index in [1.54, 1.807) is 12.1 Å². The second kappa shape index (κ2) is 6.02. The number of nitriles is 1. The van der Waals surface area contributed by atoms with Crippen LogP contribution in [0.3, 0.4) is 0 Å². The van der Waals surface area contributed by atoms with Gasteiger partial charge in [-0.3, -0.25) is 0 Å². The van der Waals surface area contributed by atoms with Crippen molar-refractivity contribution in [2.75, 3.05) is 11.9 Å². The highest BCUT2D eigenvalue weighted by Gasteiger charge is 2.17. The summed E-state index contributed by atoms with van der Waals surface area (Å²) in [6, 6.07) is 7.01. The number of nitrogens with one attached hydrogen (secondary N) is 1. The average molecular weight is 299 g/mol. The van der Waals surface area contributed by atoms with Crippen molar-refractivity contribution in [3.05, 3.63) is 28.5 Å². The minimum Gasteiger partial charge on any atom is -0.384 e. The van der Waals surface area contributed by atoms with Crippen LogP contribution in [0.2, 0.25) is 0 Å². The topological polar surface area (TPSA) is 35.8 Å². The maximum Gasteiger partial charge on any atom is 0.137 e. The minimum atomic E-state index is -0.265. The van der Waals surface area contributed by atoms with E-state index in [0.29, 0.717) is 10.9 Å². The van der Waals surface area contributed by atoms with E-state index in [0.717, 1.165) is 18.7 Å². The lowest BCUT2D eigenvalue weighted by molar-refractivity contribution is 0.364. The Kier molecular flexibility index (Phi) is 4.95. The first-order valence-electron chi connectivity index (χ1n) is 5.50. The molecular formula is C13H16BrFN2.